The van der Waals surface area contributed by atoms with Crippen LogP contribution in [0.2, 0.25) is 0 Å². The zero-order valence-corrected chi connectivity index (χ0v) is 11.4. The van der Waals surface area contributed by atoms with Gasteiger partial charge in [-0.05, 0) is 63.3 Å². The third-order valence-electron chi connectivity index (χ3n) is 4.46. The third-order valence-corrected chi connectivity index (χ3v) is 4.78. The Kier molecular flexibility index (Phi) is 5.51. The number of thiol groups is 1. The standard InChI is InChI=1S/C14H27NS/c16-12-4-2-1-3-10-15-11-6-8-13-7-5-9-14(13)15/h13-14,16H,1-12H2. The second kappa shape index (κ2) is 6.90. The van der Waals surface area contributed by atoms with Crippen molar-refractivity contribution in [1.29, 1.82) is 0 Å². The van der Waals surface area contributed by atoms with Crippen LogP contribution in [0.1, 0.15) is 57.8 Å². The van der Waals surface area contributed by atoms with Crippen LogP contribution in [-0.2, 0) is 0 Å². The predicted octanol–water partition coefficient (Wildman–Crippen LogP) is 3.74. The molecule has 0 radical (unpaired) electrons. The normalized spacial score (nSPS) is 30.6. The van der Waals surface area contributed by atoms with Crippen molar-refractivity contribution in [3.8, 4) is 0 Å². The van der Waals surface area contributed by atoms with Crippen molar-refractivity contribution in [2.75, 3.05) is 18.8 Å². The molecule has 0 bridgehead atoms. The quantitative estimate of drug-likeness (QED) is 0.548. The molecule has 0 aromatic heterocycles. The van der Waals surface area contributed by atoms with E-state index in [-0.39, 0.29) is 0 Å². The first kappa shape index (κ1) is 12.8. The average molecular weight is 241 g/mol. The maximum atomic E-state index is 4.26. The van der Waals surface area contributed by atoms with Gasteiger partial charge in [-0.15, -0.1) is 0 Å². The van der Waals surface area contributed by atoms with Gasteiger partial charge in [-0.2, -0.15) is 12.6 Å². The molecule has 2 unspecified atom stereocenters. The maximum absolute atomic E-state index is 4.26. The lowest BCUT2D eigenvalue weighted by Gasteiger charge is -2.37. The summed E-state index contributed by atoms with van der Waals surface area (Å²) in [6, 6.07) is 0.971. The number of hydrogen-bond donors (Lipinski definition) is 1. The molecule has 2 aliphatic rings. The van der Waals surface area contributed by atoms with Crippen LogP contribution < -0.4 is 0 Å². The van der Waals surface area contributed by atoms with Gasteiger partial charge in [0.25, 0.3) is 0 Å². The Morgan fingerprint density at radius 2 is 1.75 bits per heavy atom. The number of hydrogen-bond acceptors (Lipinski definition) is 2. The molecule has 0 spiro atoms. The lowest BCUT2D eigenvalue weighted by Crippen LogP contribution is -2.42. The van der Waals surface area contributed by atoms with E-state index in [2.05, 4.69) is 17.5 Å². The molecule has 2 fully saturated rings. The van der Waals surface area contributed by atoms with E-state index < -0.39 is 0 Å². The van der Waals surface area contributed by atoms with Gasteiger partial charge in [0.15, 0.2) is 0 Å². The number of rotatable bonds is 6. The van der Waals surface area contributed by atoms with E-state index >= 15 is 0 Å². The van der Waals surface area contributed by atoms with Gasteiger partial charge in [0.05, 0.1) is 0 Å². The molecule has 0 amide bonds. The molecule has 1 aliphatic heterocycles. The zero-order valence-electron chi connectivity index (χ0n) is 10.5. The summed E-state index contributed by atoms with van der Waals surface area (Å²) in [4.78, 5) is 2.81. The van der Waals surface area contributed by atoms with Crippen LogP contribution in [0.5, 0.6) is 0 Å². The van der Waals surface area contributed by atoms with Crippen LogP contribution in [0.3, 0.4) is 0 Å². The predicted molar refractivity (Wildman–Crippen MR) is 74.3 cm³/mol. The van der Waals surface area contributed by atoms with Gasteiger partial charge in [0.1, 0.15) is 0 Å². The van der Waals surface area contributed by atoms with Gasteiger partial charge in [-0.3, -0.25) is 0 Å². The van der Waals surface area contributed by atoms with Gasteiger partial charge < -0.3 is 4.90 Å². The fraction of sp³-hybridized carbons (Fsp3) is 1.00. The van der Waals surface area contributed by atoms with Crippen molar-refractivity contribution in [2.24, 2.45) is 5.92 Å². The molecule has 0 aromatic carbocycles. The van der Waals surface area contributed by atoms with E-state index in [1.165, 1.54) is 70.9 Å². The minimum Gasteiger partial charge on any atom is -0.300 e. The van der Waals surface area contributed by atoms with Crippen molar-refractivity contribution in [3.05, 3.63) is 0 Å². The molecular formula is C14H27NS. The minimum atomic E-state index is 0.971. The number of fused-ring (bicyclic) bond motifs is 1. The summed E-state index contributed by atoms with van der Waals surface area (Å²) in [5, 5.41) is 0. The summed E-state index contributed by atoms with van der Waals surface area (Å²) in [5.74, 6) is 2.13. The van der Waals surface area contributed by atoms with Gasteiger partial charge in [0, 0.05) is 6.04 Å². The van der Waals surface area contributed by atoms with Crippen molar-refractivity contribution >= 4 is 12.6 Å². The Labute approximate surface area is 106 Å². The molecule has 0 aromatic rings. The van der Waals surface area contributed by atoms with Crippen LogP contribution in [0.15, 0.2) is 0 Å². The summed E-state index contributed by atoms with van der Waals surface area (Å²) in [7, 11) is 0. The lowest BCUT2D eigenvalue weighted by atomic mass is 9.92. The number of nitrogens with zero attached hydrogens (tertiary/aromatic N) is 1. The van der Waals surface area contributed by atoms with Crippen LogP contribution in [0.25, 0.3) is 0 Å². The van der Waals surface area contributed by atoms with Gasteiger partial charge >= 0.3 is 0 Å². The lowest BCUT2D eigenvalue weighted by molar-refractivity contribution is 0.111. The highest BCUT2D eigenvalue weighted by atomic mass is 32.1. The van der Waals surface area contributed by atoms with Crippen LogP contribution in [0.4, 0.5) is 0 Å². The summed E-state index contributed by atoms with van der Waals surface area (Å²) < 4.78 is 0. The smallest absolute Gasteiger partial charge is 0.0123 e. The van der Waals surface area contributed by atoms with E-state index in [1.54, 1.807) is 0 Å². The van der Waals surface area contributed by atoms with E-state index in [4.69, 9.17) is 0 Å². The molecule has 2 heteroatoms. The van der Waals surface area contributed by atoms with E-state index in [0.29, 0.717) is 0 Å². The van der Waals surface area contributed by atoms with Gasteiger partial charge in [0.2, 0.25) is 0 Å². The summed E-state index contributed by atoms with van der Waals surface area (Å²) >= 11 is 4.26. The van der Waals surface area contributed by atoms with Gasteiger partial charge in [-0.25, -0.2) is 0 Å². The van der Waals surface area contributed by atoms with E-state index in [1.807, 2.05) is 0 Å². The largest absolute Gasteiger partial charge is 0.300 e. The number of unbranched alkanes of at least 4 members (excludes halogenated alkanes) is 3. The van der Waals surface area contributed by atoms with Crippen molar-refractivity contribution in [1.82, 2.24) is 4.90 Å². The van der Waals surface area contributed by atoms with Crippen molar-refractivity contribution in [2.45, 2.75) is 63.8 Å². The number of piperidine rings is 1. The topological polar surface area (TPSA) is 3.24 Å². The SMILES string of the molecule is SCCCCCCN1CCCC2CCCC21. The average Bonchev–Trinajstić information content (AvgIpc) is 2.77. The molecule has 1 saturated heterocycles. The van der Waals surface area contributed by atoms with Crippen LogP contribution in [0, 0.1) is 5.92 Å². The van der Waals surface area contributed by atoms with Gasteiger partial charge in [-0.1, -0.05) is 19.3 Å². The Hall–Kier alpha value is 0.310. The molecule has 1 aliphatic carbocycles. The molecule has 2 atom stereocenters. The molecule has 16 heavy (non-hydrogen) atoms. The second-order valence-corrected chi connectivity index (χ2v) is 6.02. The second-order valence-electron chi connectivity index (χ2n) is 5.57. The van der Waals surface area contributed by atoms with Crippen LogP contribution >= 0.6 is 12.6 Å². The first-order valence-electron chi connectivity index (χ1n) is 7.26. The minimum absolute atomic E-state index is 0.971. The molecule has 1 saturated carbocycles. The third kappa shape index (κ3) is 3.40. The highest BCUT2D eigenvalue weighted by Gasteiger charge is 2.34. The monoisotopic (exact) mass is 241 g/mol. The fourth-order valence-corrected chi connectivity index (χ4v) is 3.84. The Morgan fingerprint density at radius 1 is 0.938 bits per heavy atom. The van der Waals surface area contributed by atoms with Crippen molar-refractivity contribution in [3.63, 3.8) is 0 Å². The Morgan fingerprint density at radius 3 is 2.62 bits per heavy atom. The molecule has 94 valence electrons. The summed E-state index contributed by atoms with van der Waals surface area (Å²) in [6.07, 6.45) is 13.0. The molecular weight excluding hydrogens is 214 g/mol. The number of likely N-dealkylation sites (tertiary alicyclic amines) is 1. The summed E-state index contributed by atoms with van der Waals surface area (Å²) in [6.45, 7) is 2.75. The fourth-order valence-electron chi connectivity index (χ4n) is 3.61. The molecule has 1 heterocycles. The Balaban J connectivity index is 1.64. The van der Waals surface area contributed by atoms with Crippen LogP contribution in [-0.4, -0.2) is 29.8 Å². The maximum Gasteiger partial charge on any atom is 0.0123 e. The highest BCUT2D eigenvalue weighted by Crippen LogP contribution is 2.36. The van der Waals surface area contributed by atoms with Crippen molar-refractivity contribution < 1.29 is 0 Å². The highest BCUT2D eigenvalue weighted by molar-refractivity contribution is 7.80. The molecule has 1 nitrogen and oxygen atoms in total. The molecule has 2 rings (SSSR count). The van der Waals surface area contributed by atoms with E-state index in [9.17, 15) is 0 Å². The summed E-state index contributed by atoms with van der Waals surface area (Å²) in [5.41, 5.74) is 0. The van der Waals surface area contributed by atoms with E-state index in [0.717, 1.165) is 17.7 Å². The zero-order chi connectivity index (χ0) is 11.2. The Bertz CT molecular complexity index is 195. The first-order valence-corrected chi connectivity index (χ1v) is 7.90. The first-order chi connectivity index (χ1) is 7.92. The molecule has 0 N–H and O–H groups in total.